The third kappa shape index (κ3) is 2.55. The van der Waals surface area contributed by atoms with Crippen molar-refractivity contribution in [2.45, 2.75) is 6.92 Å². The van der Waals surface area contributed by atoms with Gasteiger partial charge in [0.05, 0.1) is 12.6 Å². The van der Waals surface area contributed by atoms with Crippen molar-refractivity contribution in [1.82, 2.24) is 9.97 Å². The standard InChI is InChI=1S/C16H16N2O/c1-5-7-12(6-2)16-17-11(3)14-9-8-13(19-4)10-15(14)18-16/h5-10H,1-2H2,3-4H3/b12-7+. The lowest BCUT2D eigenvalue weighted by Crippen LogP contribution is -1.97. The van der Waals surface area contributed by atoms with E-state index in [0.717, 1.165) is 27.9 Å². The smallest absolute Gasteiger partial charge is 0.160 e. The van der Waals surface area contributed by atoms with E-state index in [0.29, 0.717) is 5.82 Å². The van der Waals surface area contributed by atoms with E-state index in [1.807, 2.05) is 31.2 Å². The SMILES string of the molecule is C=C/C=C(\C=C)c1nc(C)c2ccc(OC)cc2n1. The predicted molar refractivity (Wildman–Crippen MR) is 79.2 cm³/mol. The van der Waals surface area contributed by atoms with Crippen LogP contribution in [0.3, 0.4) is 0 Å². The Hall–Kier alpha value is -2.42. The van der Waals surface area contributed by atoms with Crippen LogP contribution < -0.4 is 4.74 Å². The van der Waals surface area contributed by atoms with Crippen LogP contribution in [0, 0.1) is 6.92 Å². The lowest BCUT2D eigenvalue weighted by Gasteiger charge is -2.07. The minimum absolute atomic E-state index is 0.646. The Balaban J connectivity index is 2.68. The van der Waals surface area contributed by atoms with Crippen molar-refractivity contribution in [2.24, 2.45) is 0 Å². The minimum atomic E-state index is 0.646. The highest BCUT2D eigenvalue weighted by Crippen LogP contribution is 2.23. The maximum atomic E-state index is 5.22. The number of aryl methyl sites for hydroxylation is 1. The summed E-state index contributed by atoms with van der Waals surface area (Å²) in [6, 6.07) is 5.78. The second-order valence-electron chi connectivity index (χ2n) is 4.08. The normalized spacial score (nSPS) is 11.4. The third-order valence-corrected chi connectivity index (χ3v) is 2.87. The highest BCUT2D eigenvalue weighted by molar-refractivity contribution is 5.84. The summed E-state index contributed by atoms with van der Waals surface area (Å²) in [5.74, 6) is 1.43. The summed E-state index contributed by atoms with van der Waals surface area (Å²) in [6.07, 6.45) is 5.27. The number of fused-ring (bicyclic) bond motifs is 1. The average Bonchev–Trinajstić information content (AvgIpc) is 2.43. The van der Waals surface area contributed by atoms with Crippen molar-refractivity contribution in [1.29, 1.82) is 0 Å². The number of allylic oxidation sites excluding steroid dienone is 4. The van der Waals surface area contributed by atoms with Crippen LogP contribution in [-0.2, 0) is 0 Å². The van der Waals surface area contributed by atoms with Gasteiger partial charge in [0.2, 0.25) is 0 Å². The summed E-state index contributed by atoms with van der Waals surface area (Å²) in [7, 11) is 1.64. The van der Waals surface area contributed by atoms with E-state index < -0.39 is 0 Å². The van der Waals surface area contributed by atoms with Crippen LogP contribution in [0.25, 0.3) is 16.5 Å². The van der Waals surface area contributed by atoms with Gasteiger partial charge in [-0.3, -0.25) is 0 Å². The fraction of sp³-hybridized carbons (Fsp3) is 0.125. The molecule has 2 aromatic rings. The van der Waals surface area contributed by atoms with Gasteiger partial charge in [-0.1, -0.05) is 31.4 Å². The van der Waals surface area contributed by atoms with E-state index in [1.165, 1.54) is 0 Å². The van der Waals surface area contributed by atoms with Crippen molar-refractivity contribution >= 4 is 16.5 Å². The summed E-state index contributed by atoms with van der Waals surface area (Å²) in [4.78, 5) is 9.06. The molecule has 0 saturated carbocycles. The number of rotatable bonds is 4. The molecule has 0 bridgehead atoms. The van der Waals surface area contributed by atoms with E-state index >= 15 is 0 Å². The third-order valence-electron chi connectivity index (χ3n) is 2.87. The van der Waals surface area contributed by atoms with Crippen molar-refractivity contribution < 1.29 is 4.74 Å². The molecule has 19 heavy (non-hydrogen) atoms. The second-order valence-corrected chi connectivity index (χ2v) is 4.08. The van der Waals surface area contributed by atoms with Crippen LogP contribution in [0.1, 0.15) is 11.5 Å². The number of aromatic nitrogens is 2. The van der Waals surface area contributed by atoms with Gasteiger partial charge in [-0.15, -0.1) is 0 Å². The van der Waals surface area contributed by atoms with Crippen molar-refractivity contribution in [3.63, 3.8) is 0 Å². The van der Waals surface area contributed by atoms with Crippen LogP contribution in [0.2, 0.25) is 0 Å². The van der Waals surface area contributed by atoms with Gasteiger partial charge < -0.3 is 4.74 Å². The van der Waals surface area contributed by atoms with Gasteiger partial charge in [-0.05, 0) is 19.1 Å². The highest BCUT2D eigenvalue weighted by atomic mass is 16.5. The summed E-state index contributed by atoms with van der Waals surface area (Å²) in [5.41, 5.74) is 2.64. The molecule has 0 amide bonds. The fourth-order valence-electron chi connectivity index (χ4n) is 1.88. The molecule has 3 nitrogen and oxygen atoms in total. The summed E-state index contributed by atoms with van der Waals surface area (Å²) >= 11 is 0. The zero-order valence-corrected chi connectivity index (χ0v) is 11.2. The Labute approximate surface area is 113 Å². The van der Waals surface area contributed by atoms with E-state index in [4.69, 9.17) is 4.74 Å². The molecular weight excluding hydrogens is 236 g/mol. The highest BCUT2D eigenvalue weighted by Gasteiger charge is 2.07. The number of hydrogen-bond acceptors (Lipinski definition) is 3. The van der Waals surface area contributed by atoms with Crippen molar-refractivity contribution in [2.75, 3.05) is 7.11 Å². The van der Waals surface area contributed by atoms with E-state index in [1.54, 1.807) is 19.3 Å². The Morgan fingerprint density at radius 1 is 1.26 bits per heavy atom. The van der Waals surface area contributed by atoms with Gasteiger partial charge >= 0.3 is 0 Å². The molecule has 1 aromatic heterocycles. The Bertz CT molecular complexity index is 672. The predicted octanol–water partition coefficient (Wildman–Crippen LogP) is 3.70. The van der Waals surface area contributed by atoms with Crippen molar-refractivity contribution in [3.05, 3.63) is 61.1 Å². The molecule has 0 atom stereocenters. The first-order valence-corrected chi connectivity index (χ1v) is 5.97. The second kappa shape index (κ2) is 5.48. The maximum Gasteiger partial charge on any atom is 0.160 e. The zero-order valence-electron chi connectivity index (χ0n) is 11.2. The van der Waals surface area contributed by atoms with E-state index in [-0.39, 0.29) is 0 Å². The fourth-order valence-corrected chi connectivity index (χ4v) is 1.88. The Morgan fingerprint density at radius 3 is 2.68 bits per heavy atom. The molecule has 1 heterocycles. The summed E-state index contributed by atoms with van der Waals surface area (Å²) < 4.78 is 5.22. The van der Waals surface area contributed by atoms with Crippen LogP contribution in [-0.4, -0.2) is 17.1 Å². The number of benzene rings is 1. The van der Waals surface area contributed by atoms with Gasteiger partial charge in [0.15, 0.2) is 5.82 Å². The van der Waals surface area contributed by atoms with Crippen LogP contribution in [0.15, 0.2) is 49.6 Å². The molecule has 2 rings (SSSR count). The van der Waals surface area contributed by atoms with Gasteiger partial charge in [-0.2, -0.15) is 0 Å². The molecule has 0 N–H and O–H groups in total. The molecule has 1 aromatic carbocycles. The number of hydrogen-bond donors (Lipinski definition) is 0. The largest absolute Gasteiger partial charge is 0.497 e. The van der Waals surface area contributed by atoms with E-state index in [2.05, 4.69) is 23.1 Å². The number of ether oxygens (including phenoxy) is 1. The lowest BCUT2D eigenvalue weighted by molar-refractivity contribution is 0.415. The summed E-state index contributed by atoms with van der Waals surface area (Å²) in [5, 5.41) is 1.02. The van der Waals surface area contributed by atoms with Gasteiger partial charge in [0, 0.05) is 22.7 Å². The molecule has 0 fully saturated rings. The first kappa shape index (κ1) is 13.0. The topological polar surface area (TPSA) is 35.0 Å². The monoisotopic (exact) mass is 252 g/mol. The number of nitrogens with zero attached hydrogens (tertiary/aromatic N) is 2. The molecule has 0 spiro atoms. The molecule has 0 unspecified atom stereocenters. The molecule has 96 valence electrons. The molecule has 3 heteroatoms. The van der Waals surface area contributed by atoms with Gasteiger partial charge in [-0.25, -0.2) is 9.97 Å². The van der Waals surface area contributed by atoms with Gasteiger partial charge in [0.25, 0.3) is 0 Å². The quantitative estimate of drug-likeness (QED) is 0.778. The maximum absolute atomic E-state index is 5.22. The zero-order chi connectivity index (χ0) is 13.8. The first-order chi connectivity index (χ1) is 9.19. The Kier molecular flexibility index (Phi) is 3.76. The lowest BCUT2D eigenvalue weighted by atomic mass is 10.1. The molecule has 0 aliphatic carbocycles. The molecule has 0 aliphatic rings. The molecular formula is C16H16N2O. The minimum Gasteiger partial charge on any atom is -0.497 e. The molecule has 0 saturated heterocycles. The molecule has 0 aliphatic heterocycles. The van der Waals surface area contributed by atoms with Crippen LogP contribution in [0.4, 0.5) is 0 Å². The number of methoxy groups -OCH3 is 1. The van der Waals surface area contributed by atoms with E-state index in [9.17, 15) is 0 Å². The van der Waals surface area contributed by atoms with Crippen molar-refractivity contribution in [3.8, 4) is 5.75 Å². The molecule has 0 radical (unpaired) electrons. The van der Waals surface area contributed by atoms with Crippen LogP contribution in [0.5, 0.6) is 5.75 Å². The summed E-state index contributed by atoms with van der Waals surface area (Å²) in [6.45, 7) is 9.43. The van der Waals surface area contributed by atoms with Gasteiger partial charge in [0.1, 0.15) is 5.75 Å². The average molecular weight is 252 g/mol. The first-order valence-electron chi connectivity index (χ1n) is 5.97. The Morgan fingerprint density at radius 2 is 2.05 bits per heavy atom. The van der Waals surface area contributed by atoms with Crippen LogP contribution >= 0.6 is 0 Å².